The molecule has 0 saturated carbocycles. The van der Waals surface area contributed by atoms with E-state index in [-0.39, 0.29) is 19.1 Å². The van der Waals surface area contributed by atoms with Gasteiger partial charge >= 0.3 is 0 Å². The summed E-state index contributed by atoms with van der Waals surface area (Å²) in [5.41, 5.74) is 0.787. The van der Waals surface area contributed by atoms with Crippen molar-refractivity contribution in [1.29, 1.82) is 0 Å². The Hall–Kier alpha value is -3.75. The van der Waals surface area contributed by atoms with Gasteiger partial charge in [0.25, 0.3) is 5.91 Å². The van der Waals surface area contributed by atoms with Gasteiger partial charge in [0.1, 0.15) is 23.0 Å². The van der Waals surface area contributed by atoms with E-state index in [0.29, 0.717) is 29.0 Å². The predicted molar refractivity (Wildman–Crippen MR) is 108 cm³/mol. The van der Waals surface area contributed by atoms with Crippen LogP contribution in [-0.4, -0.2) is 55.9 Å². The topological polar surface area (TPSA) is 96.2 Å². The highest BCUT2D eigenvalue weighted by Crippen LogP contribution is 2.27. The SMILES string of the molecule is COc1ccc(-c2noc(CN(C)C(=O)COc3cc(OC)cc(OC)c3)n2)cc1. The Morgan fingerprint density at radius 2 is 1.53 bits per heavy atom. The number of likely N-dealkylation sites (N-methyl/N-ethyl adjacent to an activating group) is 1. The molecule has 1 amide bonds. The Morgan fingerprint density at radius 3 is 2.13 bits per heavy atom. The Kier molecular flexibility index (Phi) is 6.74. The average molecular weight is 413 g/mol. The third-order valence-corrected chi connectivity index (χ3v) is 4.30. The average Bonchev–Trinajstić information content (AvgIpc) is 3.25. The molecule has 0 atom stereocenters. The molecule has 158 valence electrons. The number of carbonyl (C=O) groups is 1. The molecule has 2 aromatic carbocycles. The van der Waals surface area contributed by atoms with Gasteiger partial charge in [-0.05, 0) is 24.3 Å². The zero-order valence-corrected chi connectivity index (χ0v) is 17.2. The molecule has 0 aliphatic rings. The lowest BCUT2D eigenvalue weighted by atomic mass is 10.2. The molecule has 1 aromatic heterocycles. The fourth-order valence-corrected chi connectivity index (χ4v) is 2.59. The molecule has 0 spiro atoms. The first-order chi connectivity index (χ1) is 14.5. The minimum atomic E-state index is -0.249. The van der Waals surface area contributed by atoms with E-state index in [9.17, 15) is 4.79 Å². The molecule has 0 bridgehead atoms. The molecule has 0 N–H and O–H groups in total. The summed E-state index contributed by atoms with van der Waals surface area (Å²) in [6.07, 6.45) is 0. The van der Waals surface area contributed by atoms with Crippen molar-refractivity contribution in [2.24, 2.45) is 0 Å². The summed E-state index contributed by atoms with van der Waals surface area (Å²) in [5.74, 6) is 2.85. The molecule has 3 aromatic rings. The highest BCUT2D eigenvalue weighted by Gasteiger charge is 2.16. The summed E-state index contributed by atoms with van der Waals surface area (Å²) in [7, 11) is 6.32. The molecule has 9 heteroatoms. The summed E-state index contributed by atoms with van der Waals surface area (Å²) >= 11 is 0. The summed E-state index contributed by atoms with van der Waals surface area (Å²) < 4.78 is 26.4. The minimum Gasteiger partial charge on any atom is -0.497 e. The van der Waals surface area contributed by atoms with Crippen molar-refractivity contribution in [3.63, 3.8) is 0 Å². The molecule has 1 heterocycles. The largest absolute Gasteiger partial charge is 0.497 e. The van der Waals surface area contributed by atoms with Gasteiger partial charge in [-0.1, -0.05) is 5.16 Å². The Bertz CT molecular complexity index is 964. The van der Waals surface area contributed by atoms with Crippen molar-refractivity contribution < 1.29 is 28.3 Å². The van der Waals surface area contributed by atoms with Crippen molar-refractivity contribution in [2.75, 3.05) is 35.0 Å². The van der Waals surface area contributed by atoms with Gasteiger partial charge in [-0.15, -0.1) is 0 Å². The lowest BCUT2D eigenvalue weighted by Crippen LogP contribution is -2.31. The van der Waals surface area contributed by atoms with Gasteiger partial charge in [-0.2, -0.15) is 4.98 Å². The van der Waals surface area contributed by atoms with Crippen molar-refractivity contribution in [2.45, 2.75) is 6.54 Å². The second-order valence-electron chi connectivity index (χ2n) is 6.33. The number of ether oxygens (including phenoxy) is 4. The zero-order chi connectivity index (χ0) is 21.5. The van der Waals surface area contributed by atoms with E-state index < -0.39 is 0 Å². The molecule has 0 saturated heterocycles. The first-order valence-corrected chi connectivity index (χ1v) is 9.09. The van der Waals surface area contributed by atoms with Crippen LogP contribution in [0.25, 0.3) is 11.4 Å². The van der Waals surface area contributed by atoms with Crippen LogP contribution in [0.2, 0.25) is 0 Å². The van der Waals surface area contributed by atoms with Crippen molar-refractivity contribution in [1.82, 2.24) is 15.0 Å². The molecule has 3 rings (SSSR count). The standard InChI is InChI=1S/C21H23N3O6/c1-24(20(25)13-29-18-10-16(27-3)9-17(11-18)28-4)12-19-22-21(23-30-19)14-5-7-15(26-2)8-6-14/h5-11H,12-13H2,1-4H3. The first kappa shape index (κ1) is 21.0. The van der Waals surface area contributed by atoms with E-state index >= 15 is 0 Å². The van der Waals surface area contributed by atoms with Gasteiger partial charge in [-0.3, -0.25) is 4.79 Å². The number of methoxy groups -OCH3 is 3. The van der Waals surface area contributed by atoms with E-state index in [4.69, 9.17) is 23.5 Å². The van der Waals surface area contributed by atoms with Gasteiger partial charge in [-0.25, -0.2) is 0 Å². The Balaban J connectivity index is 1.57. The van der Waals surface area contributed by atoms with E-state index in [2.05, 4.69) is 10.1 Å². The summed E-state index contributed by atoms with van der Waals surface area (Å²) in [4.78, 5) is 18.2. The van der Waals surface area contributed by atoms with Crippen LogP contribution in [0.3, 0.4) is 0 Å². The maximum atomic E-state index is 12.4. The van der Waals surface area contributed by atoms with Crippen LogP contribution in [0, 0.1) is 0 Å². The third kappa shape index (κ3) is 5.19. The van der Waals surface area contributed by atoms with Crippen LogP contribution in [0.15, 0.2) is 47.0 Å². The fraction of sp³-hybridized carbons (Fsp3) is 0.286. The lowest BCUT2D eigenvalue weighted by Gasteiger charge is -2.15. The molecular weight excluding hydrogens is 390 g/mol. The van der Waals surface area contributed by atoms with Crippen LogP contribution < -0.4 is 18.9 Å². The third-order valence-electron chi connectivity index (χ3n) is 4.30. The zero-order valence-electron chi connectivity index (χ0n) is 17.2. The number of nitrogens with zero attached hydrogens (tertiary/aromatic N) is 3. The number of hydrogen-bond acceptors (Lipinski definition) is 8. The molecule has 0 aliphatic carbocycles. The molecular formula is C21H23N3O6. The second-order valence-corrected chi connectivity index (χ2v) is 6.33. The van der Waals surface area contributed by atoms with E-state index in [1.807, 2.05) is 24.3 Å². The number of amides is 1. The quantitative estimate of drug-likeness (QED) is 0.528. The maximum absolute atomic E-state index is 12.4. The highest BCUT2D eigenvalue weighted by molar-refractivity contribution is 5.77. The monoisotopic (exact) mass is 413 g/mol. The number of rotatable bonds is 9. The smallest absolute Gasteiger partial charge is 0.260 e. The maximum Gasteiger partial charge on any atom is 0.260 e. The van der Waals surface area contributed by atoms with Gasteiger partial charge < -0.3 is 28.4 Å². The van der Waals surface area contributed by atoms with Crippen molar-refractivity contribution in [3.8, 4) is 34.4 Å². The van der Waals surface area contributed by atoms with Gasteiger partial charge in [0, 0.05) is 30.8 Å². The predicted octanol–water partition coefficient (Wildman–Crippen LogP) is 2.80. The molecule has 0 radical (unpaired) electrons. The Labute approximate surface area is 174 Å². The Morgan fingerprint density at radius 1 is 0.933 bits per heavy atom. The van der Waals surface area contributed by atoms with Crippen LogP contribution >= 0.6 is 0 Å². The van der Waals surface area contributed by atoms with Gasteiger partial charge in [0.2, 0.25) is 11.7 Å². The number of carbonyl (C=O) groups excluding carboxylic acids is 1. The molecule has 0 aliphatic heterocycles. The van der Waals surface area contributed by atoms with Crippen LogP contribution in [0.1, 0.15) is 5.89 Å². The lowest BCUT2D eigenvalue weighted by molar-refractivity contribution is -0.132. The molecule has 0 unspecified atom stereocenters. The molecule has 9 nitrogen and oxygen atoms in total. The second kappa shape index (κ2) is 9.64. The fourth-order valence-electron chi connectivity index (χ4n) is 2.59. The normalized spacial score (nSPS) is 10.4. The van der Waals surface area contributed by atoms with Gasteiger partial charge in [0.15, 0.2) is 6.61 Å². The summed E-state index contributed by atoms with van der Waals surface area (Å²) in [5, 5.41) is 3.96. The van der Waals surface area contributed by atoms with E-state index in [1.165, 1.54) is 4.90 Å². The summed E-state index contributed by atoms with van der Waals surface area (Å²) in [6.45, 7) is -0.000917. The van der Waals surface area contributed by atoms with Crippen molar-refractivity contribution in [3.05, 3.63) is 48.4 Å². The van der Waals surface area contributed by atoms with Crippen molar-refractivity contribution >= 4 is 5.91 Å². The van der Waals surface area contributed by atoms with Crippen LogP contribution in [0.5, 0.6) is 23.0 Å². The minimum absolute atomic E-state index is 0.160. The number of aromatic nitrogens is 2. The van der Waals surface area contributed by atoms with Crippen LogP contribution in [0.4, 0.5) is 0 Å². The van der Waals surface area contributed by atoms with Gasteiger partial charge in [0.05, 0.1) is 27.9 Å². The number of hydrogen-bond donors (Lipinski definition) is 0. The summed E-state index contributed by atoms with van der Waals surface area (Å²) in [6, 6.07) is 12.4. The molecule has 30 heavy (non-hydrogen) atoms. The van der Waals surface area contributed by atoms with E-state index in [0.717, 1.165) is 11.3 Å². The molecule has 0 fully saturated rings. The first-order valence-electron chi connectivity index (χ1n) is 9.09. The highest BCUT2D eigenvalue weighted by atomic mass is 16.5. The number of benzene rings is 2. The van der Waals surface area contributed by atoms with Crippen LogP contribution in [-0.2, 0) is 11.3 Å². The van der Waals surface area contributed by atoms with E-state index in [1.54, 1.807) is 46.6 Å².